The van der Waals surface area contributed by atoms with Gasteiger partial charge in [0.05, 0.1) is 6.10 Å². The molecule has 0 spiro atoms. The summed E-state index contributed by atoms with van der Waals surface area (Å²) in [7, 11) is 1.64. The van der Waals surface area contributed by atoms with Gasteiger partial charge in [-0.2, -0.15) is 0 Å². The van der Waals surface area contributed by atoms with Crippen LogP contribution in [0.4, 0.5) is 0 Å². The number of methoxy groups -OCH3 is 1. The molecule has 2 aliphatic rings. The Labute approximate surface area is 83.8 Å². The van der Waals surface area contributed by atoms with Crippen molar-refractivity contribution in [3.8, 4) is 0 Å². The molecular weight excluding hydrogens is 180 g/mol. The van der Waals surface area contributed by atoms with Crippen molar-refractivity contribution < 1.29 is 9.47 Å². The van der Waals surface area contributed by atoms with Gasteiger partial charge in [-0.1, -0.05) is 0 Å². The maximum Gasteiger partial charge on any atom is 0.177 e. The summed E-state index contributed by atoms with van der Waals surface area (Å²) in [6.45, 7) is 0.503. The van der Waals surface area contributed by atoms with E-state index in [-0.39, 0.29) is 12.3 Å². The molecule has 0 aromatic carbocycles. The van der Waals surface area contributed by atoms with Crippen LogP contribution in [0.1, 0.15) is 12.8 Å². The fourth-order valence-electron chi connectivity index (χ4n) is 1.51. The largest absolute Gasteiger partial charge is 0.366 e. The van der Waals surface area contributed by atoms with Gasteiger partial charge >= 0.3 is 0 Å². The van der Waals surface area contributed by atoms with Gasteiger partial charge in [0.25, 0.3) is 0 Å². The van der Waals surface area contributed by atoms with Crippen LogP contribution in [0.15, 0.2) is 16.6 Å². The van der Waals surface area contributed by atoms with E-state index in [2.05, 4.69) is 4.99 Å². The Bertz CT molecular complexity index is 259. The summed E-state index contributed by atoms with van der Waals surface area (Å²) in [6.07, 6.45) is 6.04. The van der Waals surface area contributed by atoms with Crippen molar-refractivity contribution in [2.45, 2.75) is 31.3 Å². The molecule has 0 amide bonds. The van der Waals surface area contributed by atoms with E-state index in [1.807, 2.05) is 6.08 Å². The number of hydrogen-bond acceptors (Lipinski definition) is 4. The molecule has 0 bridgehead atoms. The monoisotopic (exact) mass is 196 g/mol. The zero-order chi connectivity index (χ0) is 9.97. The van der Waals surface area contributed by atoms with E-state index >= 15 is 0 Å². The second-order valence-corrected chi connectivity index (χ2v) is 3.63. The second-order valence-electron chi connectivity index (χ2n) is 3.63. The Balaban J connectivity index is 2.05. The van der Waals surface area contributed by atoms with Gasteiger partial charge < -0.3 is 15.2 Å². The van der Waals surface area contributed by atoms with E-state index in [1.54, 1.807) is 13.3 Å². The van der Waals surface area contributed by atoms with Gasteiger partial charge in [-0.25, -0.2) is 0 Å². The standard InChI is InChI=1S/C10H16N2O2/c1-13-10-9(14-8-2-3-8)7(6-11)4-5-12-10/h4-5,8-10H,2-3,6,11H2,1H3. The molecule has 2 unspecified atom stereocenters. The highest BCUT2D eigenvalue weighted by atomic mass is 16.6. The molecule has 0 aromatic heterocycles. The van der Waals surface area contributed by atoms with Crippen LogP contribution in [0.2, 0.25) is 0 Å². The van der Waals surface area contributed by atoms with Crippen LogP contribution in [0.25, 0.3) is 0 Å². The van der Waals surface area contributed by atoms with Gasteiger partial charge in [0.15, 0.2) is 6.23 Å². The number of ether oxygens (including phenoxy) is 2. The summed E-state index contributed by atoms with van der Waals surface area (Å²) in [5, 5.41) is 0. The second kappa shape index (κ2) is 4.21. The molecule has 0 radical (unpaired) electrons. The van der Waals surface area contributed by atoms with Gasteiger partial charge in [-0.15, -0.1) is 0 Å². The highest BCUT2D eigenvalue weighted by molar-refractivity contribution is 5.74. The number of aliphatic imine (C=N–C) groups is 1. The summed E-state index contributed by atoms with van der Waals surface area (Å²) < 4.78 is 11.1. The predicted molar refractivity (Wildman–Crippen MR) is 54.3 cm³/mol. The number of hydrogen-bond donors (Lipinski definition) is 1. The third-order valence-electron chi connectivity index (χ3n) is 2.49. The van der Waals surface area contributed by atoms with Gasteiger partial charge in [0.1, 0.15) is 6.10 Å². The SMILES string of the molecule is COC1N=CC=C(CN)C1OC1CC1. The summed E-state index contributed by atoms with van der Waals surface area (Å²) in [4.78, 5) is 4.20. The van der Waals surface area contributed by atoms with Crippen LogP contribution in [0.5, 0.6) is 0 Å². The number of allylic oxidation sites excluding steroid dienone is 1. The van der Waals surface area contributed by atoms with Crippen molar-refractivity contribution in [2.75, 3.05) is 13.7 Å². The fraction of sp³-hybridized carbons (Fsp3) is 0.700. The molecule has 14 heavy (non-hydrogen) atoms. The molecule has 1 saturated carbocycles. The van der Waals surface area contributed by atoms with Crippen molar-refractivity contribution in [2.24, 2.45) is 10.7 Å². The molecule has 1 heterocycles. The lowest BCUT2D eigenvalue weighted by atomic mass is 10.1. The average molecular weight is 196 g/mol. The molecular formula is C10H16N2O2. The molecule has 2 N–H and O–H groups in total. The zero-order valence-corrected chi connectivity index (χ0v) is 8.35. The fourth-order valence-corrected chi connectivity index (χ4v) is 1.51. The molecule has 2 atom stereocenters. The third kappa shape index (κ3) is 2.03. The first-order valence-corrected chi connectivity index (χ1v) is 4.95. The topological polar surface area (TPSA) is 56.8 Å². The Morgan fingerprint density at radius 1 is 1.57 bits per heavy atom. The summed E-state index contributed by atoms with van der Waals surface area (Å²) in [6, 6.07) is 0. The van der Waals surface area contributed by atoms with Crippen LogP contribution in [0, 0.1) is 0 Å². The summed E-state index contributed by atoms with van der Waals surface area (Å²) >= 11 is 0. The minimum atomic E-state index is -0.223. The van der Waals surface area contributed by atoms with Crippen LogP contribution >= 0.6 is 0 Å². The quantitative estimate of drug-likeness (QED) is 0.711. The molecule has 4 heteroatoms. The van der Waals surface area contributed by atoms with Crippen LogP contribution < -0.4 is 5.73 Å². The van der Waals surface area contributed by atoms with E-state index in [4.69, 9.17) is 15.2 Å². The predicted octanol–water partition coefficient (Wildman–Crippen LogP) is 0.476. The number of nitrogens with two attached hydrogens (primary N) is 1. The Hall–Kier alpha value is -0.710. The maximum absolute atomic E-state index is 5.82. The lowest BCUT2D eigenvalue weighted by Crippen LogP contribution is -2.36. The third-order valence-corrected chi connectivity index (χ3v) is 2.49. The molecule has 0 aromatic rings. The Morgan fingerprint density at radius 3 is 2.93 bits per heavy atom. The average Bonchev–Trinajstić information content (AvgIpc) is 3.02. The smallest absolute Gasteiger partial charge is 0.177 e. The highest BCUT2D eigenvalue weighted by Gasteiger charge is 2.33. The lowest BCUT2D eigenvalue weighted by Gasteiger charge is -2.27. The van der Waals surface area contributed by atoms with Crippen LogP contribution in [0.3, 0.4) is 0 Å². The Kier molecular flexibility index (Phi) is 2.96. The molecule has 1 aliphatic carbocycles. The van der Waals surface area contributed by atoms with Gasteiger partial charge in [0, 0.05) is 19.9 Å². The maximum atomic E-state index is 5.82. The van der Waals surface area contributed by atoms with Crippen molar-refractivity contribution in [3.05, 3.63) is 11.6 Å². The number of nitrogens with zero attached hydrogens (tertiary/aromatic N) is 1. The van der Waals surface area contributed by atoms with Crippen molar-refractivity contribution in [3.63, 3.8) is 0 Å². The highest BCUT2D eigenvalue weighted by Crippen LogP contribution is 2.29. The first-order chi connectivity index (χ1) is 6.85. The molecule has 4 nitrogen and oxygen atoms in total. The van der Waals surface area contributed by atoms with Gasteiger partial charge in [0.2, 0.25) is 0 Å². The van der Waals surface area contributed by atoms with E-state index in [0.717, 1.165) is 18.4 Å². The van der Waals surface area contributed by atoms with Gasteiger partial charge in [-0.3, -0.25) is 4.99 Å². The van der Waals surface area contributed by atoms with E-state index in [0.29, 0.717) is 12.6 Å². The lowest BCUT2D eigenvalue weighted by molar-refractivity contribution is -0.0420. The normalized spacial score (nSPS) is 31.7. The first-order valence-electron chi connectivity index (χ1n) is 4.95. The van der Waals surface area contributed by atoms with E-state index < -0.39 is 0 Å². The Morgan fingerprint density at radius 2 is 2.36 bits per heavy atom. The molecule has 78 valence electrons. The van der Waals surface area contributed by atoms with Gasteiger partial charge in [-0.05, 0) is 24.5 Å². The minimum Gasteiger partial charge on any atom is -0.366 e. The first kappa shape index (κ1) is 9.83. The van der Waals surface area contributed by atoms with Crippen molar-refractivity contribution in [1.29, 1.82) is 0 Å². The number of rotatable bonds is 4. The summed E-state index contributed by atoms with van der Waals surface area (Å²) in [5.41, 5.74) is 6.71. The molecule has 1 aliphatic heterocycles. The van der Waals surface area contributed by atoms with Crippen molar-refractivity contribution >= 4 is 6.21 Å². The van der Waals surface area contributed by atoms with E-state index in [1.165, 1.54) is 0 Å². The minimum absolute atomic E-state index is 0.0810. The molecule has 2 rings (SSSR count). The van der Waals surface area contributed by atoms with E-state index in [9.17, 15) is 0 Å². The zero-order valence-electron chi connectivity index (χ0n) is 8.35. The molecule has 1 fully saturated rings. The van der Waals surface area contributed by atoms with Crippen LogP contribution in [-0.2, 0) is 9.47 Å². The van der Waals surface area contributed by atoms with Crippen molar-refractivity contribution in [1.82, 2.24) is 0 Å². The number of dihydropyridines is 1. The summed E-state index contributed by atoms with van der Waals surface area (Å²) in [5.74, 6) is 0. The van der Waals surface area contributed by atoms with Crippen LogP contribution in [-0.4, -0.2) is 38.3 Å². The molecule has 0 saturated heterocycles.